The largest absolute Gasteiger partial charge is 0.489 e. The molecule has 8 nitrogen and oxygen atoms in total. The quantitative estimate of drug-likeness (QED) is 0.344. The Morgan fingerprint density at radius 2 is 1.91 bits per heavy atom. The van der Waals surface area contributed by atoms with Crippen LogP contribution in [0.4, 0.5) is 10.1 Å². The number of rotatable bonds is 10. The number of amides is 1. The molecule has 34 heavy (non-hydrogen) atoms. The Balaban J connectivity index is 1.64. The summed E-state index contributed by atoms with van der Waals surface area (Å²) in [5, 5.41) is 18.5. The van der Waals surface area contributed by atoms with E-state index < -0.39 is 18.0 Å². The topological polar surface area (TPSA) is 114 Å². The fraction of sp³-hybridized carbons (Fsp3) is 0.261. The summed E-state index contributed by atoms with van der Waals surface area (Å²) < 4.78 is 24.0. The number of carboxylic acid groups (broad SMARTS) is 1. The monoisotopic (exact) mass is 509 g/mol. The van der Waals surface area contributed by atoms with E-state index in [0.29, 0.717) is 32.6 Å². The number of hydrogen-bond acceptors (Lipinski definition) is 6. The van der Waals surface area contributed by atoms with Crippen molar-refractivity contribution in [3.05, 3.63) is 63.8 Å². The average molecular weight is 510 g/mol. The summed E-state index contributed by atoms with van der Waals surface area (Å²) in [6.45, 7) is 3.66. The van der Waals surface area contributed by atoms with Gasteiger partial charge in [0.05, 0.1) is 16.1 Å². The minimum Gasteiger partial charge on any atom is -0.489 e. The van der Waals surface area contributed by atoms with Crippen LogP contribution >= 0.6 is 23.2 Å². The molecule has 0 spiro atoms. The molecular weight excluding hydrogens is 488 g/mol. The number of halogens is 3. The van der Waals surface area contributed by atoms with E-state index in [9.17, 15) is 14.0 Å². The second-order valence-electron chi connectivity index (χ2n) is 7.59. The number of carbonyl (C=O) groups excluding carboxylic acids is 1. The van der Waals surface area contributed by atoms with E-state index in [0.717, 1.165) is 0 Å². The molecule has 3 rings (SSSR count). The predicted molar refractivity (Wildman–Crippen MR) is 126 cm³/mol. The molecule has 0 saturated carbocycles. The summed E-state index contributed by atoms with van der Waals surface area (Å²) >= 11 is 12.5. The smallest absolute Gasteiger partial charge is 0.339 e. The summed E-state index contributed by atoms with van der Waals surface area (Å²) in [4.78, 5) is 23.1. The molecule has 1 unspecified atom stereocenters. The first kappa shape index (κ1) is 25.5. The number of nitrogens with zero attached hydrogens (tertiary/aromatic N) is 1. The second-order valence-corrected chi connectivity index (χ2v) is 8.41. The van der Waals surface area contributed by atoms with Crippen molar-refractivity contribution in [1.82, 2.24) is 10.5 Å². The van der Waals surface area contributed by atoms with Crippen LogP contribution in [0.1, 0.15) is 29.9 Å². The lowest BCUT2D eigenvalue weighted by Gasteiger charge is -2.12. The number of alkyl halides is 1. The normalized spacial score (nSPS) is 11.9. The van der Waals surface area contributed by atoms with Crippen molar-refractivity contribution in [2.24, 2.45) is 0 Å². The zero-order valence-electron chi connectivity index (χ0n) is 18.3. The molecule has 1 aromatic heterocycles. The molecule has 3 N–H and O–H groups in total. The molecule has 0 aliphatic carbocycles. The van der Waals surface area contributed by atoms with Gasteiger partial charge in [-0.3, -0.25) is 4.79 Å². The first-order valence-corrected chi connectivity index (χ1v) is 11.0. The minimum atomic E-state index is -1.99. The second kappa shape index (κ2) is 11.3. The summed E-state index contributed by atoms with van der Waals surface area (Å²) in [5.41, 5.74) is 1.72. The fourth-order valence-corrected chi connectivity index (χ4v) is 3.45. The number of benzene rings is 2. The summed E-state index contributed by atoms with van der Waals surface area (Å²) in [7, 11) is 0. The van der Waals surface area contributed by atoms with E-state index in [-0.39, 0.29) is 30.6 Å². The van der Waals surface area contributed by atoms with Gasteiger partial charge in [-0.05, 0) is 49.7 Å². The highest BCUT2D eigenvalue weighted by Gasteiger charge is 2.18. The van der Waals surface area contributed by atoms with Crippen LogP contribution in [0.15, 0.2) is 47.0 Å². The van der Waals surface area contributed by atoms with Crippen molar-refractivity contribution < 1.29 is 28.3 Å². The molecule has 0 fully saturated rings. The van der Waals surface area contributed by atoms with E-state index in [2.05, 4.69) is 15.8 Å². The van der Waals surface area contributed by atoms with Gasteiger partial charge in [-0.2, -0.15) is 0 Å². The van der Waals surface area contributed by atoms with E-state index in [1.807, 2.05) is 13.8 Å². The molecule has 1 atom stereocenters. The third kappa shape index (κ3) is 6.69. The number of carboxylic acids is 1. The number of ether oxygens (including phenoxy) is 1. The zero-order chi connectivity index (χ0) is 24.8. The Bertz CT molecular complexity index is 1190. The minimum absolute atomic E-state index is 0.0388. The standard InChI is InChI=1S/C23H22Cl2FN3O5/c1-12(2)33-20-6-4-14(8-17(20)25)28-22(30)19-9-21(34-29-19)15-5-3-13(7-16(15)24)10-27-11-18(26)23(31)32/h3-9,12,18,27H,10-11H2,1-2H3,(H,28,30)(H,31,32). The highest BCUT2D eigenvalue weighted by Crippen LogP contribution is 2.31. The van der Waals surface area contributed by atoms with Gasteiger partial charge in [0, 0.05) is 30.4 Å². The Kier molecular flexibility index (Phi) is 8.49. The van der Waals surface area contributed by atoms with Crippen molar-refractivity contribution >= 4 is 40.8 Å². The number of hydrogen-bond donors (Lipinski definition) is 3. The van der Waals surface area contributed by atoms with Gasteiger partial charge in [-0.15, -0.1) is 0 Å². The Morgan fingerprint density at radius 1 is 1.15 bits per heavy atom. The highest BCUT2D eigenvalue weighted by atomic mass is 35.5. The number of aliphatic carboxylic acids is 1. The van der Waals surface area contributed by atoms with E-state index in [1.165, 1.54) is 6.07 Å². The van der Waals surface area contributed by atoms with Gasteiger partial charge < -0.3 is 25.0 Å². The Labute approximate surface area is 205 Å². The summed E-state index contributed by atoms with van der Waals surface area (Å²) in [6, 6.07) is 11.4. The van der Waals surface area contributed by atoms with Gasteiger partial charge >= 0.3 is 5.97 Å². The van der Waals surface area contributed by atoms with Crippen LogP contribution in [-0.2, 0) is 11.3 Å². The Hall–Kier alpha value is -3.14. The number of carbonyl (C=O) groups is 2. The van der Waals surface area contributed by atoms with E-state index in [4.69, 9.17) is 37.6 Å². The van der Waals surface area contributed by atoms with Crippen molar-refractivity contribution in [3.63, 3.8) is 0 Å². The highest BCUT2D eigenvalue weighted by molar-refractivity contribution is 6.33. The van der Waals surface area contributed by atoms with Gasteiger partial charge in [-0.25, -0.2) is 9.18 Å². The van der Waals surface area contributed by atoms with Gasteiger partial charge in [0.2, 0.25) is 6.17 Å². The summed E-state index contributed by atoms with van der Waals surface area (Å²) in [5.74, 6) is -1.23. The van der Waals surface area contributed by atoms with Crippen LogP contribution in [0.2, 0.25) is 10.0 Å². The molecule has 0 radical (unpaired) electrons. The lowest BCUT2D eigenvalue weighted by Crippen LogP contribution is -2.29. The molecule has 0 aliphatic heterocycles. The third-order valence-electron chi connectivity index (χ3n) is 4.51. The maximum absolute atomic E-state index is 13.1. The predicted octanol–water partition coefficient (Wildman–Crippen LogP) is 5.20. The van der Waals surface area contributed by atoms with Crippen LogP contribution < -0.4 is 15.4 Å². The van der Waals surface area contributed by atoms with Crippen molar-refractivity contribution in [1.29, 1.82) is 0 Å². The maximum atomic E-state index is 13.1. The van der Waals surface area contributed by atoms with Crippen LogP contribution in [0.25, 0.3) is 11.3 Å². The van der Waals surface area contributed by atoms with E-state index >= 15 is 0 Å². The molecule has 3 aromatic rings. The van der Waals surface area contributed by atoms with Gasteiger partial charge in [-0.1, -0.05) is 34.4 Å². The van der Waals surface area contributed by atoms with Crippen LogP contribution in [0, 0.1) is 0 Å². The molecule has 2 aromatic carbocycles. The Morgan fingerprint density at radius 3 is 2.56 bits per heavy atom. The molecule has 0 aliphatic rings. The number of nitrogens with one attached hydrogen (secondary N) is 2. The lowest BCUT2D eigenvalue weighted by atomic mass is 10.1. The fourth-order valence-electron chi connectivity index (χ4n) is 2.93. The molecule has 0 saturated heterocycles. The van der Waals surface area contributed by atoms with Gasteiger partial charge in [0.1, 0.15) is 5.75 Å². The molecule has 0 bridgehead atoms. The third-order valence-corrected chi connectivity index (χ3v) is 5.12. The van der Waals surface area contributed by atoms with Crippen molar-refractivity contribution in [3.8, 4) is 17.1 Å². The van der Waals surface area contributed by atoms with Crippen molar-refractivity contribution in [2.75, 3.05) is 11.9 Å². The first-order chi connectivity index (χ1) is 16.1. The molecule has 11 heteroatoms. The molecule has 180 valence electrons. The average Bonchev–Trinajstić information content (AvgIpc) is 3.25. The summed E-state index contributed by atoms with van der Waals surface area (Å²) in [6.07, 6.45) is -2.03. The van der Waals surface area contributed by atoms with Gasteiger partial charge in [0.25, 0.3) is 5.91 Å². The SMILES string of the molecule is CC(C)Oc1ccc(NC(=O)c2cc(-c3ccc(CNCC(F)C(=O)O)cc3Cl)on2)cc1Cl. The lowest BCUT2D eigenvalue weighted by molar-refractivity contribution is -0.142. The van der Waals surface area contributed by atoms with E-state index in [1.54, 1.807) is 36.4 Å². The number of anilines is 1. The van der Waals surface area contributed by atoms with Crippen LogP contribution in [-0.4, -0.2) is 41.0 Å². The zero-order valence-corrected chi connectivity index (χ0v) is 19.8. The number of aromatic nitrogens is 1. The van der Waals surface area contributed by atoms with Crippen LogP contribution in [0.5, 0.6) is 5.75 Å². The maximum Gasteiger partial charge on any atom is 0.339 e. The molecule has 1 heterocycles. The van der Waals surface area contributed by atoms with Crippen LogP contribution in [0.3, 0.4) is 0 Å². The van der Waals surface area contributed by atoms with Gasteiger partial charge in [0.15, 0.2) is 11.5 Å². The molecular formula is C23H22Cl2FN3O5. The van der Waals surface area contributed by atoms with Crippen molar-refractivity contribution in [2.45, 2.75) is 32.7 Å². The molecule has 1 amide bonds. The first-order valence-electron chi connectivity index (χ1n) is 10.2.